The minimum absolute atomic E-state index is 0.198. The summed E-state index contributed by atoms with van der Waals surface area (Å²) >= 11 is 0. The van der Waals surface area contributed by atoms with Gasteiger partial charge in [-0.2, -0.15) is 0 Å². The van der Waals surface area contributed by atoms with Crippen molar-refractivity contribution in [3.63, 3.8) is 0 Å². The Balaban J connectivity index is 1.42. The molecule has 1 unspecified atom stereocenters. The van der Waals surface area contributed by atoms with Crippen LogP contribution in [0.25, 0.3) is 0 Å². The van der Waals surface area contributed by atoms with E-state index in [9.17, 15) is 9.90 Å². The van der Waals surface area contributed by atoms with Crippen LogP contribution in [0.3, 0.4) is 0 Å². The topological polar surface area (TPSA) is 71.5 Å². The number of carbonyl (C=O) groups is 1. The second-order valence-electron chi connectivity index (χ2n) is 6.11. The fourth-order valence-electron chi connectivity index (χ4n) is 2.35. The summed E-state index contributed by atoms with van der Waals surface area (Å²) in [6, 6.07) is 12.8. The van der Waals surface area contributed by atoms with Crippen molar-refractivity contribution in [1.82, 2.24) is 10.3 Å². The van der Waals surface area contributed by atoms with Crippen LogP contribution in [0.1, 0.15) is 41.3 Å². The van der Waals surface area contributed by atoms with Crippen LogP contribution in [-0.4, -0.2) is 29.1 Å². The zero-order valence-electron chi connectivity index (χ0n) is 13.5. The monoisotopic (exact) mass is 326 g/mol. The van der Waals surface area contributed by atoms with E-state index in [0.717, 1.165) is 5.56 Å². The van der Waals surface area contributed by atoms with Crippen molar-refractivity contribution >= 4 is 5.91 Å². The molecule has 1 aliphatic carbocycles. The number of amides is 1. The SMILES string of the molecule is O=C(NCCC(O)c1ccccc1)c1ccc(OCC2CC2)nc1. The summed E-state index contributed by atoms with van der Waals surface area (Å²) in [6.45, 7) is 1.10. The standard InChI is InChI=1S/C19H22N2O3/c22-17(15-4-2-1-3-5-15)10-11-20-19(23)16-8-9-18(21-12-16)24-13-14-6-7-14/h1-5,8-9,12,14,17,22H,6-7,10-11,13H2,(H,20,23). The third kappa shape index (κ3) is 4.80. The summed E-state index contributed by atoms with van der Waals surface area (Å²) in [5.74, 6) is 1.03. The van der Waals surface area contributed by atoms with Crippen LogP contribution in [0.4, 0.5) is 0 Å². The Morgan fingerprint density at radius 2 is 2.04 bits per heavy atom. The Labute approximate surface area is 141 Å². The van der Waals surface area contributed by atoms with Crippen LogP contribution < -0.4 is 10.1 Å². The zero-order chi connectivity index (χ0) is 16.8. The summed E-state index contributed by atoms with van der Waals surface area (Å²) < 4.78 is 5.55. The van der Waals surface area contributed by atoms with E-state index in [1.165, 1.54) is 19.0 Å². The summed E-state index contributed by atoms with van der Waals surface area (Å²) in [7, 11) is 0. The van der Waals surface area contributed by atoms with Crippen LogP contribution in [0.2, 0.25) is 0 Å². The molecular weight excluding hydrogens is 304 g/mol. The molecule has 1 amide bonds. The first-order valence-corrected chi connectivity index (χ1v) is 8.32. The Morgan fingerprint density at radius 1 is 1.25 bits per heavy atom. The van der Waals surface area contributed by atoms with E-state index >= 15 is 0 Å². The first-order valence-electron chi connectivity index (χ1n) is 8.32. The van der Waals surface area contributed by atoms with Crippen LogP contribution >= 0.6 is 0 Å². The highest BCUT2D eigenvalue weighted by Crippen LogP contribution is 2.29. The molecule has 0 aliphatic heterocycles. The minimum Gasteiger partial charge on any atom is -0.477 e. The average Bonchev–Trinajstić information content (AvgIpc) is 3.45. The van der Waals surface area contributed by atoms with Crippen LogP contribution in [0, 0.1) is 5.92 Å². The van der Waals surface area contributed by atoms with E-state index in [1.54, 1.807) is 12.1 Å². The van der Waals surface area contributed by atoms with Crippen molar-refractivity contribution in [3.8, 4) is 5.88 Å². The number of ether oxygens (including phenoxy) is 1. The lowest BCUT2D eigenvalue weighted by Crippen LogP contribution is -2.25. The molecule has 2 aromatic rings. The molecule has 3 rings (SSSR count). The predicted octanol–water partition coefficient (Wildman–Crippen LogP) is 2.72. The number of aliphatic hydroxyl groups excluding tert-OH is 1. The highest BCUT2D eigenvalue weighted by Gasteiger charge is 2.22. The highest BCUT2D eigenvalue weighted by molar-refractivity contribution is 5.93. The van der Waals surface area contributed by atoms with E-state index in [0.29, 0.717) is 36.9 Å². The van der Waals surface area contributed by atoms with Gasteiger partial charge in [0, 0.05) is 18.8 Å². The number of nitrogens with one attached hydrogen (secondary N) is 1. The van der Waals surface area contributed by atoms with E-state index in [4.69, 9.17) is 4.74 Å². The van der Waals surface area contributed by atoms with Gasteiger partial charge in [-0.25, -0.2) is 4.98 Å². The maximum absolute atomic E-state index is 12.1. The Bertz CT molecular complexity index is 654. The van der Waals surface area contributed by atoms with Gasteiger partial charge in [0.15, 0.2) is 0 Å². The third-order valence-corrected chi connectivity index (χ3v) is 4.05. The van der Waals surface area contributed by atoms with Gasteiger partial charge >= 0.3 is 0 Å². The quantitative estimate of drug-likeness (QED) is 0.782. The van der Waals surface area contributed by atoms with Crippen LogP contribution in [0.15, 0.2) is 48.7 Å². The maximum atomic E-state index is 12.1. The molecule has 1 aromatic heterocycles. The molecule has 0 spiro atoms. The Kier molecular flexibility index (Phi) is 5.43. The summed E-state index contributed by atoms with van der Waals surface area (Å²) in [5.41, 5.74) is 1.34. The number of benzene rings is 1. The van der Waals surface area contributed by atoms with Crippen molar-refractivity contribution < 1.29 is 14.6 Å². The maximum Gasteiger partial charge on any atom is 0.252 e. The fourth-order valence-corrected chi connectivity index (χ4v) is 2.35. The first kappa shape index (κ1) is 16.5. The number of rotatable bonds is 8. The Morgan fingerprint density at radius 3 is 2.71 bits per heavy atom. The van der Waals surface area contributed by atoms with E-state index < -0.39 is 6.10 Å². The number of hydrogen-bond donors (Lipinski definition) is 2. The molecule has 0 saturated heterocycles. The molecule has 1 heterocycles. The van der Waals surface area contributed by atoms with Gasteiger partial charge in [-0.1, -0.05) is 30.3 Å². The zero-order valence-corrected chi connectivity index (χ0v) is 13.5. The van der Waals surface area contributed by atoms with Crippen LogP contribution in [-0.2, 0) is 0 Å². The largest absolute Gasteiger partial charge is 0.477 e. The molecule has 1 fully saturated rings. The predicted molar refractivity (Wildman–Crippen MR) is 90.8 cm³/mol. The molecule has 2 N–H and O–H groups in total. The minimum atomic E-state index is -0.581. The summed E-state index contributed by atoms with van der Waals surface area (Å²) in [6.07, 6.45) is 3.87. The number of pyridine rings is 1. The molecular formula is C19H22N2O3. The molecule has 126 valence electrons. The Hall–Kier alpha value is -2.40. The number of nitrogens with zero attached hydrogens (tertiary/aromatic N) is 1. The number of aliphatic hydroxyl groups is 1. The van der Waals surface area contributed by atoms with E-state index in [1.807, 2.05) is 30.3 Å². The van der Waals surface area contributed by atoms with Gasteiger partial charge in [-0.15, -0.1) is 0 Å². The second-order valence-corrected chi connectivity index (χ2v) is 6.11. The van der Waals surface area contributed by atoms with Gasteiger partial charge in [0.2, 0.25) is 5.88 Å². The van der Waals surface area contributed by atoms with Crippen molar-refractivity contribution in [3.05, 3.63) is 59.8 Å². The molecule has 1 atom stereocenters. The van der Waals surface area contributed by atoms with E-state index in [-0.39, 0.29) is 5.91 Å². The smallest absolute Gasteiger partial charge is 0.252 e. The second kappa shape index (κ2) is 7.93. The number of aromatic nitrogens is 1. The van der Waals surface area contributed by atoms with Gasteiger partial charge < -0.3 is 15.2 Å². The number of hydrogen-bond acceptors (Lipinski definition) is 4. The lowest BCUT2D eigenvalue weighted by atomic mass is 10.1. The highest BCUT2D eigenvalue weighted by atomic mass is 16.5. The number of carbonyl (C=O) groups excluding carboxylic acids is 1. The van der Waals surface area contributed by atoms with Crippen LogP contribution in [0.5, 0.6) is 5.88 Å². The normalized spacial score (nSPS) is 14.9. The van der Waals surface area contributed by atoms with E-state index in [2.05, 4.69) is 10.3 Å². The van der Waals surface area contributed by atoms with Crippen molar-refractivity contribution in [2.24, 2.45) is 5.92 Å². The van der Waals surface area contributed by atoms with Gasteiger partial charge in [-0.05, 0) is 36.8 Å². The fraction of sp³-hybridized carbons (Fsp3) is 0.368. The van der Waals surface area contributed by atoms with Crippen molar-refractivity contribution in [2.75, 3.05) is 13.2 Å². The van der Waals surface area contributed by atoms with Crippen molar-refractivity contribution in [1.29, 1.82) is 0 Å². The molecule has 1 aromatic carbocycles. The van der Waals surface area contributed by atoms with Gasteiger partial charge in [0.05, 0.1) is 18.3 Å². The third-order valence-electron chi connectivity index (χ3n) is 4.05. The van der Waals surface area contributed by atoms with Crippen molar-refractivity contribution in [2.45, 2.75) is 25.4 Å². The molecule has 1 saturated carbocycles. The van der Waals surface area contributed by atoms with Gasteiger partial charge in [0.25, 0.3) is 5.91 Å². The van der Waals surface area contributed by atoms with Gasteiger partial charge in [-0.3, -0.25) is 4.79 Å². The molecule has 0 bridgehead atoms. The lowest BCUT2D eigenvalue weighted by Gasteiger charge is -2.11. The summed E-state index contributed by atoms with van der Waals surface area (Å²) in [5, 5.41) is 12.9. The summed E-state index contributed by atoms with van der Waals surface area (Å²) in [4.78, 5) is 16.2. The molecule has 24 heavy (non-hydrogen) atoms. The molecule has 5 nitrogen and oxygen atoms in total. The molecule has 0 radical (unpaired) electrons. The molecule has 5 heteroatoms. The lowest BCUT2D eigenvalue weighted by molar-refractivity contribution is 0.0942. The molecule has 1 aliphatic rings. The average molecular weight is 326 g/mol. The van der Waals surface area contributed by atoms with Gasteiger partial charge in [0.1, 0.15) is 0 Å². The first-order chi connectivity index (χ1) is 11.7.